The lowest BCUT2D eigenvalue weighted by atomic mass is 10.2. The molecular formula is C13H17N5O2S. The van der Waals surface area contributed by atoms with Crippen molar-refractivity contribution in [3.8, 4) is 5.75 Å². The van der Waals surface area contributed by atoms with Crippen LogP contribution in [0.3, 0.4) is 0 Å². The van der Waals surface area contributed by atoms with Gasteiger partial charge in [-0.25, -0.2) is 5.10 Å². The van der Waals surface area contributed by atoms with Crippen molar-refractivity contribution in [2.45, 2.75) is 18.7 Å². The highest BCUT2D eigenvalue weighted by Crippen LogP contribution is 2.20. The van der Waals surface area contributed by atoms with Gasteiger partial charge in [0.25, 0.3) is 0 Å². The summed E-state index contributed by atoms with van der Waals surface area (Å²) in [5.74, 6) is 2.81. The van der Waals surface area contributed by atoms with Crippen LogP contribution in [0.2, 0.25) is 0 Å². The van der Waals surface area contributed by atoms with E-state index in [1.165, 1.54) is 12.5 Å². The molecule has 2 N–H and O–H groups in total. The molecular weight excluding hydrogens is 290 g/mol. The molecule has 1 aromatic heterocycles. The molecule has 1 aromatic carbocycles. The lowest BCUT2D eigenvalue weighted by Gasteiger charge is -2.14. The van der Waals surface area contributed by atoms with Crippen molar-refractivity contribution in [3.05, 3.63) is 35.7 Å². The van der Waals surface area contributed by atoms with Gasteiger partial charge in [0.1, 0.15) is 5.75 Å². The molecule has 0 aliphatic heterocycles. The second-order valence-corrected chi connectivity index (χ2v) is 5.43. The van der Waals surface area contributed by atoms with Crippen molar-refractivity contribution in [2.75, 3.05) is 12.9 Å². The summed E-state index contributed by atoms with van der Waals surface area (Å²) in [6.45, 7) is 1.48. The number of hydrogen-bond donors (Lipinski definition) is 2. The van der Waals surface area contributed by atoms with E-state index in [0.29, 0.717) is 11.6 Å². The number of tetrazole rings is 1. The van der Waals surface area contributed by atoms with Gasteiger partial charge in [0.15, 0.2) is 5.82 Å². The molecule has 0 saturated carbocycles. The number of ether oxygens (including phenoxy) is 1. The molecule has 0 saturated heterocycles. The second-order valence-electron chi connectivity index (χ2n) is 4.40. The summed E-state index contributed by atoms with van der Waals surface area (Å²) in [7, 11) is 1.65. The maximum absolute atomic E-state index is 11.2. The van der Waals surface area contributed by atoms with Crippen LogP contribution in [0.25, 0.3) is 0 Å². The van der Waals surface area contributed by atoms with E-state index in [0.717, 1.165) is 11.5 Å². The molecule has 2 aromatic rings. The summed E-state index contributed by atoms with van der Waals surface area (Å²) in [4.78, 5) is 11.2. The molecule has 1 heterocycles. The fraction of sp³-hybridized carbons (Fsp3) is 0.385. The number of carbonyl (C=O) groups excluding carboxylic acids is 1. The molecule has 0 spiro atoms. The number of aromatic nitrogens is 4. The minimum atomic E-state index is -0.222. The molecule has 0 fully saturated rings. The Balaban J connectivity index is 1.87. The zero-order chi connectivity index (χ0) is 15.1. The summed E-state index contributed by atoms with van der Waals surface area (Å²) >= 11 is 1.70. The lowest BCUT2D eigenvalue weighted by Crippen LogP contribution is -2.28. The third kappa shape index (κ3) is 4.75. The van der Waals surface area contributed by atoms with Gasteiger partial charge in [-0.15, -0.1) is 5.10 Å². The van der Waals surface area contributed by atoms with E-state index in [1.54, 1.807) is 18.9 Å². The number of thioether (sulfide) groups is 1. The van der Waals surface area contributed by atoms with Gasteiger partial charge in [0.05, 0.1) is 13.2 Å². The van der Waals surface area contributed by atoms with Gasteiger partial charge in [-0.1, -0.05) is 12.1 Å². The molecule has 1 amide bonds. The van der Waals surface area contributed by atoms with Crippen LogP contribution in [0.5, 0.6) is 5.75 Å². The number of amides is 1. The first-order valence-corrected chi connectivity index (χ1v) is 7.56. The second kappa shape index (κ2) is 7.63. The van der Waals surface area contributed by atoms with E-state index in [-0.39, 0.29) is 11.9 Å². The molecule has 2 rings (SSSR count). The average molecular weight is 307 g/mol. The Morgan fingerprint density at radius 1 is 1.43 bits per heavy atom. The van der Waals surface area contributed by atoms with Crippen molar-refractivity contribution in [3.63, 3.8) is 0 Å². The van der Waals surface area contributed by atoms with Gasteiger partial charge >= 0.3 is 0 Å². The van der Waals surface area contributed by atoms with Crippen LogP contribution in [0, 0.1) is 0 Å². The quantitative estimate of drug-likeness (QED) is 0.801. The van der Waals surface area contributed by atoms with E-state index in [4.69, 9.17) is 4.74 Å². The number of nitrogens with one attached hydrogen (secondary N) is 2. The first-order valence-electron chi connectivity index (χ1n) is 6.40. The van der Waals surface area contributed by atoms with Crippen molar-refractivity contribution >= 4 is 17.7 Å². The lowest BCUT2D eigenvalue weighted by molar-refractivity contribution is -0.119. The van der Waals surface area contributed by atoms with E-state index < -0.39 is 0 Å². The van der Waals surface area contributed by atoms with Crippen LogP contribution in [0.4, 0.5) is 0 Å². The molecule has 0 aliphatic rings. The zero-order valence-electron chi connectivity index (χ0n) is 11.9. The first kappa shape index (κ1) is 15.3. The van der Waals surface area contributed by atoms with Crippen LogP contribution >= 0.6 is 11.8 Å². The Kier molecular flexibility index (Phi) is 5.56. The number of H-pyrrole nitrogens is 1. The van der Waals surface area contributed by atoms with Crippen molar-refractivity contribution in [2.24, 2.45) is 0 Å². The van der Waals surface area contributed by atoms with Crippen LogP contribution < -0.4 is 10.1 Å². The maximum Gasteiger partial charge on any atom is 0.217 e. The van der Waals surface area contributed by atoms with Gasteiger partial charge in [0.2, 0.25) is 5.91 Å². The molecule has 0 aliphatic carbocycles. The van der Waals surface area contributed by atoms with Gasteiger partial charge in [-0.2, -0.15) is 11.8 Å². The van der Waals surface area contributed by atoms with E-state index >= 15 is 0 Å². The minimum absolute atomic E-state index is 0.110. The molecule has 7 nitrogen and oxygen atoms in total. The maximum atomic E-state index is 11.2. The first-order chi connectivity index (χ1) is 10.2. The van der Waals surface area contributed by atoms with Crippen LogP contribution in [0.1, 0.15) is 24.4 Å². The highest BCUT2D eigenvalue weighted by molar-refractivity contribution is 7.98. The zero-order valence-corrected chi connectivity index (χ0v) is 12.7. The third-order valence-corrected chi connectivity index (χ3v) is 3.89. The van der Waals surface area contributed by atoms with E-state index in [9.17, 15) is 4.79 Å². The predicted octanol–water partition coefficient (Wildman–Crippen LogP) is 1.32. The molecule has 1 unspecified atom stereocenters. The summed E-state index contributed by atoms with van der Waals surface area (Å²) in [6, 6.07) is 7.69. The summed E-state index contributed by atoms with van der Waals surface area (Å²) in [6.07, 6.45) is 0. The Morgan fingerprint density at radius 2 is 2.19 bits per heavy atom. The van der Waals surface area contributed by atoms with Gasteiger partial charge in [-0.3, -0.25) is 4.79 Å². The van der Waals surface area contributed by atoms with Gasteiger partial charge < -0.3 is 10.1 Å². The number of nitrogens with zero attached hydrogens (tertiary/aromatic N) is 3. The summed E-state index contributed by atoms with van der Waals surface area (Å²) < 4.78 is 5.12. The number of rotatable bonds is 7. The summed E-state index contributed by atoms with van der Waals surface area (Å²) in [5.41, 5.74) is 1.19. The Bertz CT molecular complexity index is 558. The van der Waals surface area contributed by atoms with Crippen LogP contribution in [0.15, 0.2) is 24.3 Å². The molecule has 112 valence electrons. The molecule has 1 atom stereocenters. The minimum Gasteiger partial charge on any atom is -0.497 e. The topological polar surface area (TPSA) is 92.8 Å². The number of aromatic amines is 1. The number of carbonyl (C=O) groups is 1. The van der Waals surface area contributed by atoms with Gasteiger partial charge in [-0.05, 0) is 28.1 Å². The number of benzene rings is 1. The molecule has 0 radical (unpaired) electrons. The number of methoxy groups -OCH3 is 1. The summed E-state index contributed by atoms with van der Waals surface area (Å²) in [5, 5.41) is 16.5. The smallest absolute Gasteiger partial charge is 0.217 e. The molecule has 21 heavy (non-hydrogen) atoms. The number of hydrogen-bond acceptors (Lipinski definition) is 6. The van der Waals surface area contributed by atoms with Crippen molar-refractivity contribution < 1.29 is 9.53 Å². The highest BCUT2D eigenvalue weighted by Gasteiger charge is 2.16. The SMILES string of the molecule is COc1ccc(CSCC(NC(C)=O)c2nnn[nH]2)cc1. The van der Waals surface area contributed by atoms with E-state index in [1.807, 2.05) is 24.3 Å². The van der Waals surface area contributed by atoms with Crippen LogP contribution in [-0.4, -0.2) is 39.4 Å². The standard InChI is InChI=1S/C13H17N5O2S/c1-9(19)14-12(13-15-17-18-16-13)8-21-7-10-3-5-11(20-2)6-4-10/h3-6,12H,7-8H2,1-2H3,(H,14,19)(H,15,16,17,18). The van der Waals surface area contributed by atoms with Crippen molar-refractivity contribution in [1.29, 1.82) is 0 Å². The molecule has 0 bridgehead atoms. The highest BCUT2D eigenvalue weighted by atomic mass is 32.2. The Labute approximate surface area is 126 Å². The van der Waals surface area contributed by atoms with Crippen molar-refractivity contribution in [1.82, 2.24) is 25.9 Å². The van der Waals surface area contributed by atoms with E-state index in [2.05, 4.69) is 25.9 Å². The molecule has 8 heteroatoms. The largest absolute Gasteiger partial charge is 0.497 e. The Hall–Kier alpha value is -2.09. The van der Waals surface area contributed by atoms with Crippen LogP contribution in [-0.2, 0) is 10.5 Å². The Morgan fingerprint density at radius 3 is 2.76 bits per heavy atom. The average Bonchev–Trinajstić information content (AvgIpc) is 3.00. The normalized spacial score (nSPS) is 11.9. The fourth-order valence-electron chi connectivity index (χ4n) is 1.76. The monoisotopic (exact) mass is 307 g/mol. The van der Waals surface area contributed by atoms with Gasteiger partial charge in [0, 0.05) is 18.4 Å². The third-order valence-electron chi connectivity index (χ3n) is 2.78. The fourth-order valence-corrected chi connectivity index (χ4v) is 2.79. The predicted molar refractivity (Wildman–Crippen MR) is 79.9 cm³/mol.